The van der Waals surface area contributed by atoms with E-state index < -0.39 is 11.8 Å². The van der Waals surface area contributed by atoms with E-state index in [9.17, 15) is 14.4 Å². The minimum Gasteiger partial charge on any atom is -0.337 e. The molecule has 3 amide bonds. The molecule has 146 valence electrons. The molecule has 4 rings (SSSR count). The van der Waals surface area contributed by atoms with Gasteiger partial charge in [0.05, 0.1) is 22.9 Å². The fourth-order valence-electron chi connectivity index (χ4n) is 3.32. The Balaban J connectivity index is 1.45. The summed E-state index contributed by atoms with van der Waals surface area (Å²) in [7, 11) is 1.66. The molecule has 8 nitrogen and oxygen atoms in total. The van der Waals surface area contributed by atoms with Gasteiger partial charge in [0.15, 0.2) is 0 Å². The van der Waals surface area contributed by atoms with Crippen LogP contribution in [0, 0.1) is 0 Å². The molecule has 0 saturated heterocycles. The molecule has 1 aliphatic heterocycles. The first-order chi connectivity index (χ1) is 14.0. The lowest BCUT2D eigenvalue weighted by Gasteiger charge is -2.27. The number of benzene rings is 2. The van der Waals surface area contributed by atoms with Crippen molar-refractivity contribution in [2.45, 2.75) is 13.0 Å². The van der Waals surface area contributed by atoms with E-state index in [1.807, 2.05) is 31.2 Å². The van der Waals surface area contributed by atoms with Crippen LogP contribution in [-0.2, 0) is 4.79 Å². The maximum absolute atomic E-state index is 12.8. The van der Waals surface area contributed by atoms with E-state index >= 15 is 0 Å². The molecule has 3 aromatic rings. The topological polar surface area (TPSA) is 88.4 Å². The highest BCUT2D eigenvalue weighted by molar-refractivity contribution is 6.22. The Morgan fingerprint density at radius 1 is 1.03 bits per heavy atom. The Kier molecular flexibility index (Phi) is 4.67. The number of amides is 3. The molecule has 1 aromatic heterocycles. The molecule has 0 fully saturated rings. The van der Waals surface area contributed by atoms with Gasteiger partial charge >= 0.3 is 0 Å². The van der Waals surface area contributed by atoms with Gasteiger partial charge in [-0.1, -0.05) is 24.3 Å². The predicted octanol–water partition coefficient (Wildman–Crippen LogP) is 2.08. The molecule has 1 aliphatic rings. The summed E-state index contributed by atoms with van der Waals surface area (Å²) in [5.41, 5.74) is 2.46. The number of fused-ring (bicyclic) bond motifs is 1. The zero-order valence-electron chi connectivity index (χ0n) is 16.0. The number of aromatic nitrogens is 3. The van der Waals surface area contributed by atoms with Crippen LogP contribution in [-0.4, -0.2) is 55.9 Å². The van der Waals surface area contributed by atoms with Crippen molar-refractivity contribution in [3.05, 3.63) is 77.9 Å². The lowest BCUT2D eigenvalue weighted by atomic mass is 10.1. The van der Waals surface area contributed by atoms with Gasteiger partial charge in [-0.25, -0.2) is 9.67 Å². The third-order valence-electron chi connectivity index (χ3n) is 5.20. The SMILES string of the molecule is C[C@H](c1ccc(-n2cncn2)cc1)N(C)C(=O)CN1C(=O)c2ccccc2C1=O. The molecule has 2 aromatic carbocycles. The quantitative estimate of drug-likeness (QED) is 0.624. The summed E-state index contributed by atoms with van der Waals surface area (Å²) in [6, 6.07) is 14.0. The van der Waals surface area contributed by atoms with Crippen molar-refractivity contribution in [3.8, 4) is 5.69 Å². The second kappa shape index (κ2) is 7.31. The average molecular weight is 389 g/mol. The van der Waals surface area contributed by atoms with Crippen molar-refractivity contribution in [3.63, 3.8) is 0 Å². The lowest BCUT2D eigenvalue weighted by Crippen LogP contribution is -2.42. The highest BCUT2D eigenvalue weighted by Gasteiger charge is 2.37. The van der Waals surface area contributed by atoms with Crippen LogP contribution in [0.4, 0.5) is 0 Å². The van der Waals surface area contributed by atoms with Gasteiger partial charge < -0.3 is 4.90 Å². The molecular formula is C21H19N5O3. The van der Waals surface area contributed by atoms with Crippen LogP contribution in [0.5, 0.6) is 0 Å². The molecule has 0 spiro atoms. The third kappa shape index (κ3) is 3.29. The Morgan fingerprint density at radius 3 is 2.21 bits per heavy atom. The van der Waals surface area contributed by atoms with Crippen molar-refractivity contribution in [2.75, 3.05) is 13.6 Å². The standard InChI is InChI=1S/C21H19N5O3/c1-14(15-7-9-16(10-8-15)26-13-22-12-23-26)24(2)19(27)11-25-20(28)17-5-3-4-6-18(17)21(25)29/h3-10,12-14H,11H2,1-2H3/t14-/m1/s1. The molecule has 0 N–H and O–H groups in total. The van der Waals surface area contributed by atoms with Gasteiger partial charge in [0.2, 0.25) is 5.91 Å². The molecule has 0 saturated carbocycles. The van der Waals surface area contributed by atoms with Crippen LogP contribution >= 0.6 is 0 Å². The van der Waals surface area contributed by atoms with Gasteiger partial charge in [0.1, 0.15) is 19.2 Å². The lowest BCUT2D eigenvalue weighted by molar-refractivity contribution is -0.132. The first-order valence-corrected chi connectivity index (χ1v) is 9.13. The van der Waals surface area contributed by atoms with Crippen LogP contribution in [0.1, 0.15) is 39.2 Å². The predicted molar refractivity (Wildman–Crippen MR) is 104 cm³/mol. The zero-order chi connectivity index (χ0) is 20.5. The first kappa shape index (κ1) is 18.5. The molecule has 0 unspecified atom stereocenters. The largest absolute Gasteiger partial charge is 0.337 e. The minimum atomic E-state index is -0.433. The monoisotopic (exact) mass is 389 g/mol. The van der Waals surface area contributed by atoms with Crippen LogP contribution in [0.2, 0.25) is 0 Å². The van der Waals surface area contributed by atoms with E-state index in [-0.39, 0.29) is 18.5 Å². The van der Waals surface area contributed by atoms with E-state index in [1.54, 1.807) is 42.3 Å². The highest BCUT2D eigenvalue weighted by Crippen LogP contribution is 2.24. The Labute approximate surface area is 167 Å². The van der Waals surface area contributed by atoms with E-state index in [0.29, 0.717) is 11.1 Å². The van der Waals surface area contributed by atoms with E-state index in [1.165, 1.54) is 11.2 Å². The number of carbonyl (C=O) groups excluding carboxylic acids is 3. The van der Waals surface area contributed by atoms with Gasteiger partial charge in [-0.15, -0.1) is 0 Å². The van der Waals surface area contributed by atoms with Gasteiger partial charge in [-0.05, 0) is 36.8 Å². The maximum atomic E-state index is 12.8. The fraction of sp³-hybridized carbons (Fsp3) is 0.190. The van der Waals surface area contributed by atoms with Crippen molar-refractivity contribution in [1.82, 2.24) is 24.6 Å². The average Bonchev–Trinajstić information content (AvgIpc) is 3.37. The molecule has 0 bridgehead atoms. The van der Waals surface area contributed by atoms with Crippen molar-refractivity contribution in [1.29, 1.82) is 0 Å². The van der Waals surface area contributed by atoms with Crippen LogP contribution in [0.3, 0.4) is 0 Å². The summed E-state index contributed by atoms with van der Waals surface area (Å²) >= 11 is 0. The maximum Gasteiger partial charge on any atom is 0.262 e. The smallest absolute Gasteiger partial charge is 0.262 e. The van der Waals surface area contributed by atoms with Gasteiger partial charge in [0.25, 0.3) is 11.8 Å². The summed E-state index contributed by atoms with van der Waals surface area (Å²) < 4.78 is 1.64. The second-order valence-corrected chi connectivity index (χ2v) is 6.85. The summed E-state index contributed by atoms with van der Waals surface area (Å²) in [4.78, 5) is 44.2. The summed E-state index contributed by atoms with van der Waals surface area (Å²) in [5.74, 6) is -1.18. The van der Waals surface area contributed by atoms with Crippen LogP contribution in [0.25, 0.3) is 5.69 Å². The molecule has 2 heterocycles. The van der Waals surface area contributed by atoms with Crippen LogP contribution in [0.15, 0.2) is 61.2 Å². The Morgan fingerprint density at radius 2 is 1.66 bits per heavy atom. The zero-order valence-corrected chi connectivity index (χ0v) is 16.0. The first-order valence-electron chi connectivity index (χ1n) is 9.13. The molecule has 29 heavy (non-hydrogen) atoms. The van der Waals surface area contributed by atoms with E-state index in [4.69, 9.17) is 0 Å². The summed E-state index contributed by atoms with van der Waals surface area (Å²) in [6.07, 6.45) is 3.07. The molecular weight excluding hydrogens is 370 g/mol. The third-order valence-corrected chi connectivity index (χ3v) is 5.20. The summed E-state index contributed by atoms with van der Waals surface area (Å²) in [6.45, 7) is 1.61. The van der Waals surface area contributed by atoms with E-state index in [2.05, 4.69) is 10.1 Å². The van der Waals surface area contributed by atoms with Crippen molar-refractivity contribution >= 4 is 17.7 Å². The molecule has 0 radical (unpaired) electrons. The minimum absolute atomic E-state index is 0.234. The van der Waals surface area contributed by atoms with Gasteiger partial charge in [-0.3, -0.25) is 19.3 Å². The normalized spacial score (nSPS) is 14.1. The number of hydrogen-bond donors (Lipinski definition) is 0. The Hall–Kier alpha value is -3.81. The number of nitrogens with zero attached hydrogens (tertiary/aromatic N) is 5. The number of carbonyl (C=O) groups is 3. The van der Waals surface area contributed by atoms with Crippen molar-refractivity contribution < 1.29 is 14.4 Å². The molecule has 8 heteroatoms. The van der Waals surface area contributed by atoms with Crippen molar-refractivity contribution in [2.24, 2.45) is 0 Å². The Bertz CT molecular complexity index is 1040. The van der Waals surface area contributed by atoms with E-state index in [0.717, 1.165) is 16.2 Å². The fourth-order valence-corrected chi connectivity index (χ4v) is 3.32. The van der Waals surface area contributed by atoms with Crippen LogP contribution < -0.4 is 0 Å². The number of imide groups is 1. The highest BCUT2D eigenvalue weighted by atomic mass is 16.2. The van der Waals surface area contributed by atoms with Gasteiger partial charge in [-0.2, -0.15) is 5.10 Å². The molecule has 1 atom stereocenters. The van der Waals surface area contributed by atoms with Gasteiger partial charge in [0, 0.05) is 7.05 Å². The number of hydrogen-bond acceptors (Lipinski definition) is 5. The summed E-state index contributed by atoms with van der Waals surface area (Å²) in [5, 5.41) is 4.08. The number of likely N-dealkylation sites (N-methyl/N-ethyl adjacent to an activating group) is 1. The molecule has 0 aliphatic carbocycles. The second-order valence-electron chi connectivity index (χ2n) is 6.85. The number of rotatable bonds is 5.